The maximum absolute atomic E-state index is 12.7. The van der Waals surface area contributed by atoms with Crippen LogP contribution in [0, 0.1) is 6.92 Å². The van der Waals surface area contributed by atoms with Crippen LogP contribution in [-0.2, 0) is 4.79 Å². The number of halogens is 2. The van der Waals surface area contributed by atoms with E-state index in [1.54, 1.807) is 24.3 Å². The number of hydrogen-bond acceptors (Lipinski definition) is 4. The summed E-state index contributed by atoms with van der Waals surface area (Å²) in [5.74, 6) is -2.85. The standard InChI is InChI=1S/C22H25F2N3O2S/c1-15-6-2-3-7-17(15)21(29)25-16-10-12-27(13-11-16)14-20(28)26-18-8-4-5-9-19(18)30-22(23)24/h2-9,16,22H,10-14H2,1H3,(H,25,29)(H,26,28). The molecule has 0 atom stereocenters. The first-order valence-corrected chi connectivity index (χ1v) is 10.7. The summed E-state index contributed by atoms with van der Waals surface area (Å²) >= 11 is 0.416. The molecule has 1 fully saturated rings. The first kappa shape index (κ1) is 22.2. The van der Waals surface area contributed by atoms with Gasteiger partial charge >= 0.3 is 0 Å². The average molecular weight is 434 g/mol. The van der Waals surface area contributed by atoms with Crippen molar-refractivity contribution in [3.05, 3.63) is 59.7 Å². The molecule has 2 aromatic carbocycles. The molecule has 1 heterocycles. The Morgan fingerprint density at radius 2 is 1.77 bits per heavy atom. The molecule has 0 aliphatic carbocycles. The number of hydrogen-bond donors (Lipinski definition) is 2. The Bertz CT molecular complexity index is 886. The lowest BCUT2D eigenvalue weighted by Gasteiger charge is -2.32. The monoisotopic (exact) mass is 433 g/mol. The summed E-state index contributed by atoms with van der Waals surface area (Å²) in [4.78, 5) is 27.2. The smallest absolute Gasteiger partial charge is 0.288 e. The molecule has 1 aliphatic rings. The summed E-state index contributed by atoms with van der Waals surface area (Å²) in [5.41, 5.74) is 2.02. The van der Waals surface area contributed by atoms with Crippen LogP contribution < -0.4 is 10.6 Å². The first-order valence-electron chi connectivity index (χ1n) is 9.85. The third kappa shape index (κ3) is 6.27. The SMILES string of the molecule is Cc1ccccc1C(=O)NC1CCN(CC(=O)Nc2ccccc2SC(F)F)CC1. The van der Waals surface area contributed by atoms with E-state index in [0.29, 0.717) is 41.0 Å². The normalized spacial score (nSPS) is 15.2. The fraction of sp³-hybridized carbons (Fsp3) is 0.364. The molecule has 0 radical (unpaired) electrons. The number of nitrogens with one attached hydrogen (secondary N) is 2. The molecule has 2 amide bonds. The maximum Gasteiger partial charge on any atom is 0.288 e. The molecule has 2 aromatic rings. The third-order valence-corrected chi connectivity index (χ3v) is 5.85. The molecule has 0 aromatic heterocycles. The number of rotatable bonds is 7. The predicted octanol–water partition coefficient (Wildman–Crippen LogP) is 4.14. The molecule has 160 valence electrons. The van der Waals surface area contributed by atoms with Gasteiger partial charge in [-0.3, -0.25) is 14.5 Å². The molecule has 1 aliphatic heterocycles. The van der Waals surface area contributed by atoms with Crippen molar-refractivity contribution in [3.63, 3.8) is 0 Å². The van der Waals surface area contributed by atoms with E-state index in [-0.39, 0.29) is 24.4 Å². The predicted molar refractivity (Wildman–Crippen MR) is 115 cm³/mol. The van der Waals surface area contributed by atoms with Crippen molar-refractivity contribution < 1.29 is 18.4 Å². The van der Waals surface area contributed by atoms with Gasteiger partial charge < -0.3 is 10.6 Å². The number of aryl methyl sites for hydroxylation is 1. The minimum absolute atomic E-state index is 0.0691. The Morgan fingerprint density at radius 3 is 2.47 bits per heavy atom. The highest BCUT2D eigenvalue weighted by molar-refractivity contribution is 7.99. The first-order chi connectivity index (χ1) is 14.4. The Kier molecular flexibility index (Phi) is 7.81. The largest absolute Gasteiger partial charge is 0.349 e. The summed E-state index contributed by atoms with van der Waals surface area (Å²) in [5, 5.41) is 5.81. The number of anilines is 1. The molecule has 5 nitrogen and oxygen atoms in total. The summed E-state index contributed by atoms with van der Waals surface area (Å²) in [6, 6.07) is 14.1. The van der Waals surface area contributed by atoms with Gasteiger partial charge in [-0.05, 0) is 43.5 Å². The van der Waals surface area contributed by atoms with Gasteiger partial charge in [0, 0.05) is 29.6 Å². The van der Waals surface area contributed by atoms with E-state index in [1.165, 1.54) is 0 Å². The number of thioether (sulfide) groups is 1. The van der Waals surface area contributed by atoms with Gasteiger partial charge in [-0.2, -0.15) is 8.78 Å². The van der Waals surface area contributed by atoms with E-state index in [9.17, 15) is 18.4 Å². The number of benzene rings is 2. The van der Waals surface area contributed by atoms with Crippen molar-refractivity contribution in [2.45, 2.75) is 36.5 Å². The van der Waals surface area contributed by atoms with Gasteiger partial charge in [-0.15, -0.1) is 0 Å². The quantitative estimate of drug-likeness (QED) is 0.645. The number of piperidine rings is 1. The molecule has 30 heavy (non-hydrogen) atoms. The van der Waals surface area contributed by atoms with Gasteiger partial charge in [0.05, 0.1) is 12.2 Å². The number of carbonyl (C=O) groups excluding carboxylic acids is 2. The van der Waals surface area contributed by atoms with Gasteiger partial charge in [-0.25, -0.2) is 0 Å². The lowest BCUT2D eigenvalue weighted by Crippen LogP contribution is -2.46. The van der Waals surface area contributed by atoms with Crippen LogP contribution in [0.2, 0.25) is 0 Å². The Labute approximate surface area is 179 Å². The highest BCUT2D eigenvalue weighted by Gasteiger charge is 2.23. The maximum atomic E-state index is 12.7. The Hall–Kier alpha value is -2.45. The highest BCUT2D eigenvalue weighted by Crippen LogP contribution is 2.31. The molecule has 3 rings (SSSR count). The van der Waals surface area contributed by atoms with Crippen LogP contribution in [0.1, 0.15) is 28.8 Å². The van der Waals surface area contributed by atoms with Crippen LogP contribution in [-0.4, -0.2) is 48.1 Å². The Balaban J connectivity index is 1.46. The molecular weight excluding hydrogens is 408 g/mol. The van der Waals surface area contributed by atoms with E-state index in [0.717, 1.165) is 18.4 Å². The fourth-order valence-electron chi connectivity index (χ4n) is 3.49. The second kappa shape index (κ2) is 10.5. The van der Waals surface area contributed by atoms with Crippen molar-refractivity contribution in [2.24, 2.45) is 0 Å². The Morgan fingerprint density at radius 1 is 1.10 bits per heavy atom. The minimum Gasteiger partial charge on any atom is -0.349 e. The van der Waals surface area contributed by atoms with E-state index in [1.807, 2.05) is 36.1 Å². The average Bonchev–Trinajstić information content (AvgIpc) is 2.71. The molecular formula is C22H25F2N3O2S. The molecule has 0 saturated carbocycles. The van der Waals surface area contributed by atoms with Crippen LogP contribution in [0.5, 0.6) is 0 Å². The lowest BCUT2D eigenvalue weighted by atomic mass is 10.0. The topological polar surface area (TPSA) is 61.4 Å². The summed E-state index contributed by atoms with van der Waals surface area (Å²) < 4.78 is 25.4. The van der Waals surface area contributed by atoms with Crippen LogP contribution in [0.3, 0.4) is 0 Å². The van der Waals surface area contributed by atoms with Crippen LogP contribution in [0.15, 0.2) is 53.4 Å². The van der Waals surface area contributed by atoms with Crippen molar-refractivity contribution in [1.82, 2.24) is 10.2 Å². The van der Waals surface area contributed by atoms with E-state index in [2.05, 4.69) is 10.6 Å². The van der Waals surface area contributed by atoms with Crippen molar-refractivity contribution in [1.29, 1.82) is 0 Å². The van der Waals surface area contributed by atoms with Crippen LogP contribution >= 0.6 is 11.8 Å². The molecule has 0 spiro atoms. The van der Waals surface area contributed by atoms with Gasteiger partial charge in [0.2, 0.25) is 5.91 Å². The molecule has 0 unspecified atom stereocenters. The molecule has 2 N–H and O–H groups in total. The van der Waals surface area contributed by atoms with Gasteiger partial charge in [0.1, 0.15) is 0 Å². The third-order valence-electron chi connectivity index (χ3n) is 5.06. The van der Waals surface area contributed by atoms with Crippen LogP contribution in [0.4, 0.5) is 14.5 Å². The molecule has 8 heteroatoms. The highest BCUT2D eigenvalue weighted by atomic mass is 32.2. The summed E-state index contributed by atoms with van der Waals surface area (Å²) in [7, 11) is 0. The minimum atomic E-state index is -2.54. The number of likely N-dealkylation sites (tertiary alicyclic amines) is 1. The fourth-order valence-corrected chi connectivity index (χ4v) is 4.08. The number of nitrogens with zero attached hydrogens (tertiary/aromatic N) is 1. The molecule has 1 saturated heterocycles. The number of carbonyl (C=O) groups is 2. The number of amides is 2. The zero-order valence-corrected chi connectivity index (χ0v) is 17.6. The van der Waals surface area contributed by atoms with Crippen molar-refractivity contribution >= 4 is 29.3 Å². The van der Waals surface area contributed by atoms with Gasteiger partial charge in [0.25, 0.3) is 11.7 Å². The molecule has 0 bridgehead atoms. The van der Waals surface area contributed by atoms with Crippen LogP contribution in [0.25, 0.3) is 0 Å². The zero-order valence-electron chi connectivity index (χ0n) is 16.7. The number of para-hydroxylation sites is 1. The van der Waals surface area contributed by atoms with E-state index < -0.39 is 5.76 Å². The zero-order chi connectivity index (χ0) is 21.5. The van der Waals surface area contributed by atoms with Crippen molar-refractivity contribution in [2.75, 3.05) is 25.0 Å². The lowest BCUT2D eigenvalue weighted by molar-refractivity contribution is -0.117. The number of alkyl halides is 2. The van der Waals surface area contributed by atoms with Gasteiger partial charge in [-0.1, -0.05) is 42.1 Å². The summed E-state index contributed by atoms with van der Waals surface area (Å²) in [6.07, 6.45) is 1.51. The summed E-state index contributed by atoms with van der Waals surface area (Å²) in [6.45, 7) is 3.46. The van der Waals surface area contributed by atoms with E-state index in [4.69, 9.17) is 0 Å². The van der Waals surface area contributed by atoms with Crippen molar-refractivity contribution in [3.8, 4) is 0 Å². The second-order valence-electron chi connectivity index (χ2n) is 7.26. The van der Waals surface area contributed by atoms with Gasteiger partial charge in [0.15, 0.2) is 0 Å². The second-order valence-corrected chi connectivity index (χ2v) is 8.29. The van der Waals surface area contributed by atoms with E-state index >= 15 is 0 Å².